The number of aromatic amines is 2. The monoisotopic (exact) mass is 320 g/mol. The standard InChI is InChI=1S/C20H24N4/c1-19(2)13-21-11-9-16-6-8-18(24-16)20(3,4)14-22-12-10-15-5-7-17(19)23-15/h5-14,23-24H,1-4H3/b11-9-,12-10-,21-13?,22-14?. The van der Waals surface area contributed by atoms with Crippen LogP contribution in [0.5, 0.6) is 0 Å². The van der Waals surface area contributed by atoms with E-state index in [2.05, 4.69) is 71.9 Å². The maximum Gasteiger partial charge on any atom is 0.0400 e. The lowest BCUT2D eigenvalue weighted by atomic mass is 9.91. The van der Waals surface area contributed by atoms with Crippen LogP contribution in [0.25, 0.3) is 12.2 Å². The van der Waals surface area contributed by atoms with E-state index in [1.54, 1.807) is 0 Å². The van der Waals surface area contributed by atoms with E-state index in [0.29, 0.717) is 0 Å². The average Bonchev–Trinajstić information content (AvgIpc) is 3.17. The minimum Gasteiger partial charge on any atom is -0.358 e. The fourth-order valence-electron chi connectivity index (χ4n) is 2.61. The highest BCUT2D eigenvalue weighted by Gasteiger charge is 2.20. The molecule has 1 aliphatic heterocycles. The molecule has 2 aromatic rings. The van der Waals surface area contributed by atoms with Crippen LogP contribution in [0, 0.1) is 0 Å². The number of nitrogens with zero attached hydrogens (tertiary/aromatic N) is 2. The summed E-state index contributed by atoms with van der Waals surface area (Å²) < 4.78 is 0. The van der Waals surface area contributed by atoms with Crippen molar-refractivity contribution in [2.75, 3.05) is 0 Å². The summed E-state index contributed by atoms with van der Waals surface area (Å²) in [5, 5.41) is 0. The molecule has 1 aliphatic rings. The first-order valence-corrected chi connectivity index (χ1v) is 8.18. The molecule has 0 saturated heterocycles. The molecule has 4 nitrogen and oxygen atoms in total. The van der Waals surface area contributed by atoms with E-state index >= 15 is 0 Å². The van der Waals surface area contributed by atoms with Gasteiger partial charge in [0, 0.05) is 58.4 Å². The van der Waals surface area contributed by atoms with Crippen molar-refractivity contribution in [2.24, 2.45) is 9.98 Å². The third-order valence-electron chi connectivity index (χ3n) is 4.28. The molecule has 3 rings (SSSR count). The zero-order chi connectivity index (χ0) is 17.2. The van der Waals surface area contributed by atoms with Crippen molar-refractivity contribution < 1.29 is 0 Å². The quantitative estimate of drug-likeness (QED) is 0.707. The first-order valence-electron chi connectivity index (χ1n) is 8.18. The highest BCUT2D eigenvalue weighted by Crippen LogP contribution is 2.23. The van der Waals surface area contributed by atoms with Crippen molar-refractivity contribution in [3.05, 3.63) is 59.4 Å². The Hall–Kier alpha value is -2.62. The number of fused-ring (bicyclic) bond motifs is 4. The summed E-state index contributed by atoms with van der Waals surface area (Å²) in [7, 11) is 0. The maximum absolute atomic E-state index is 4.47. The molecule has 4 heteroatoms. The Balaban J connectivity index is 2.01. The van der Waals surface area contributed by atoms with Crippen LogP contribution in [-0.4, -0.2) is 22.4 Å². The number of nitrogens with one attached hydrogen (secondary N) is 2. The first kappa shape index (κ1) is 16.2. The molecule has 0 spiro atoms. The lowest BCUT2D eigenvalue weighted by Gasteiger charge is -2.17. The van der Waals surface area contributed by atoms with Crippen LogP contribution in [0.2, 0.25) is 0 Å². The number of rotatable bonds is 0. The number of hydrogen-bond acceptors (Lipinski definition) is 2. The molecule has 24 heavy (non-hydrogen) atoms. The van der Waals surface area contributed by atoms with Crippen molar-refractivity contribution in [3.8, 4) is 0 Å². The summed E-state index contributed by atoms with van der Waals surface area (Å²) in [5.41, 5.74) is 3.98. The number of hydrogen-bond donors (Lipinski definition) is 2. The van der Waals surface area contributed by atoms with Crippen molar-refractivity contribution in [1.82, 2.24) is 9.97 Å². The minimum absolute atomic E-state index is 0.167. The third kappa shape index (κ3) is 3.48. The summed E-state index contributed by atoms with van der Waals surface area (Å²) in [6.07, 6.45) is 11.5. The largest absolute Gasteiger partial charge is 0.358 e. The molecular weight excluding hydrogens is 296 g/mol. The molecule has 0 radical (unpaired) electrons. The Bertz CT molecular complexity index is 755. The number of H-pyrrole nitrogens is 2. The van der Waals surface area contributed by atoms with Crippen molar-refractivity contribution in [1.29, 1.82) is 0 Å². The van der Waals surface area contributed by atoms with E-state index in [-0.39, 0.29) is 10.8 Å². The Labute approximate surface area is 143 Å². The van der Waals surface area contributed by atoms with E-state index < -0.39 is 0 Å². The Morgan fingerprint density at radius 1 is 0.667 bits per heavy atom. The van der Waals surface area contributed by atoms with Gasteiger partial charge in [0.1, 0.15) is 0 Å². The van der Waals surface area contributed by atoms with Crippen LogP contribution < -0.4 is 0 Å². The van der Waals surface area contributed by atoms with Crippen LogP contribution in [0.3, 0.4) is 0 Å². The molecule has 0 aliphatic carbocycles. The molecular formula is C20H24N4. The lowest BCUT2D eigenvalue weighted by Crippen LogP contribution is -2.19. The highest BCUT2D eigenvalue weighted by molar-refractivity contribution is 5.74. The van der Waals surface area contributed by atoms with Gasteiger partial charge in [0.05, 0.1) is 0 Å². The topological polar surface area (TPSA) is 56.3 Å². The Kier molecular flexibility index (Phi) is 4.14. The summed E-state index contributed by atoms with van der Waals surface area (Å²) in [4.78, 5) is 15.8. The van der Waals surface area contributed by atoms with Gasteiger partial charge in [-0.2, -0.15) is 0 Å². The lowest BCUT2D eigenvalue weighted by molar-refractivity contribution is 0.708. The average molecular weight is 320 g/mol. The van der Waals surface area contributed by atoms with Gasteiger partial charge in [0.15, 0.2) is 0 Å². The highest BCUT2D eigenvalue weighted by atomic mass is 14.8. The predicted octanol–water partition coefficient (Wildman–Crippen LogP) is 4.69. The van der Waals surface area contributed by atoms with Gasteiger partial charge in [0.2, 0.25) is 0 Å². The molecule has 2 N–H and O–H groups in total. The minimum atomic E-state index is -0.167. The van der Waals surface area contributed by atoms with Gasteiger partial charge in [-0.1, -0.05) is 0 Å². The Morgan fingerprint density at radius 3 is 1.50 bits per heavy atom. The van der Waals surface area contributed by atoms with E-state index in [4.69, 9.17) is 0 Å². The van der Waals surface area contributed by atoms with Gasteiger partial charge in [-0.25, -0.2) is 0 Å². The van der Waals surface area contributed by atoms with Crippen LogP contribution in [0.15, 0.2) is 46.7 Å². The smallest absolute Gasteiger partial charge is 0.0400 e. The van der Waals surface area contributed by atoms with Crippen molar-refractivity contribution >= 4 is 24.6 Å². The third-order valence-corrected chi connectivity index (χ3v) is 4.28. The zero-order valence-corrected chi connectivity index (χ0v) is 14.7. The molecule has 2 aromatic heterocycles. The fourth-order valence-corrected chi connectivity index (χ4v) is 2.61. The van der Waals surface area contributed by atoms with E-state index in [9.17, 15) is 0 Å². The molecule has 0 amide bonds. The predicted molar refractivity (Wildman–Crippen MR) is 103 cm³/mol. The first-order chi connectivity index (χ1) is 11.4. The van der Waals surface area contributed by atoms with Crippen molar-refractivity contribution in [2.45, 2.75) is 38.5 Å². The molecule has 3 heterocycles. The second-order valence-electron chi connectivity index (χ2n) is 7.29. The SMILES string of the molecule is CC1(C)C=N/C=C\c2ccc([nH]2)C(C)(C)C=N/C=C\c2ccc1[nH]2. The summed E-state index contributed by atoms with van der Waals surface area (Å²) in [5.74, 6) is 0. The molecule has 0 saturated carbocycles. The van der Waals surface area contributed by atoms with E-state index in [0.717, 1.165) is 22.8 Å². The van der Waals surface area contributed by atoms with Gasteiger partial charge in [-0.05, 0) is 64.1 Å². The van der Waals surface area contributed by atoms with Gasteiger partial charge >= 0.3 is 0 Å². The molecule has 0 fully saturated rings. The molecule has 0 atom stereocenters. The van der Waals surface area contributed by atoms with Gasteiger partial charge < -0.3 is 9.97 Å². The summed E-state index contributed by atoms with van der Waals surface area (Å²) in [6, 6.07) is 8.32. The zero-order valence-electron chi connectivity index (χ0n) is 14.7. The van der Waals surface area contributed by atoms with Gasteiger partial charge in [-0.15, -0.1) is 0 Å². The van der Waals surface area contributed by atoms with E-state index in [1.165, 1.54) is 0 Å². The molecule has 0 unspecified atom stereocenters. The van der Waals surface area contributed by atoms with Crippen LogP contribution in [0.1, 0.15) is 50.5 Å². The molecule has 0 aromatic carbocycles. The summed E-state index contributed by atoms with van der Waals surface area (Å²) >= 11 is 0. The van der Waals surface area contributed by atoms with Crippen LogP contribution in [-0.2, 0) is 10.8 Å². The second-order valence-corrected chi connectivity index (χ2v) is 7.29. The van der Waals surface area contributed by atoms with Crippen molar-refractivity contribution in [3.63, 3.8) is 0 Å². The normalized spacial score (nSPS) is 21.5. The van der Waals surface area contributed by atoms with Crippen LogP contribution in [0.4, 0.5) is 0 Å². The molecule has 4 bridgehead atoms. The number of aliphatic imine (C=N–C) groups is 2. The molecule has 124 valence electrons. The number of aromatic nitrogens is 2. The Morgan fingerprint density at radius 2 is 1.08 bits per heavy atom. The summed E-state index contributed by atoms with van der Waals surface area (Å²) in [6.45, 7) is 8.56. The van der Waals surface area contributed by atoms with Gasteiger partial charge in [0.25, 0.3) is 0 Å². The fraction of sp³-hybridized carbons (Fsp3) is 0.300. The van der Waals surface area contributed by atoms with Crippen LogP contribution >= 0.6 is 0 Å². The maximum atomic E-state index is 4.47. The van der Waals surface area contributed by atoms with E-state index in [1.807, 2.05) is 37.0 Å². The second kappa shape index (κ2) is 6.11. The van der Waals surface area contributed by atoms with Gasteiger partial charge in [-0.3, -0.25) is 9.98 Å².